The third-order valence-corrected chi connectivity index (χ3v) is 5.25. The number of amides is 2. The fraction of sp³-hybridized carbons (Fsp3) is 0.556. The second-order valence-corrected chi connectivity index (χ2v) is 7.06. The number of benzene rings is 1. The second-order valence-electron chi connectivity index (χ2n) is 7.06. The molecular formula is C18H23F3N4O3. The number of likely N-dealkylation sites (tertiary alicyclic amines) is 1. The van der Waals surface area contributed by atoms with Crippen LogP contribution in [-0.2, 0) is 10.9 Å². The predicted molar refractivity (Wildman–Crippen MR) is 95.1 cm³/mol. The van der Waals surface area contributed by atoms with Crippen LogP contribution in [0.5, 0.6) is 0 Å². The van der Waals surface area contributed by atoms with Crippen LogP contribution in [-0.4, -0.2) is 66.3 Å². The number of carbonyl (C=O) groups is 1. The molecule has 3 rings (SSSR count). The van der Waals surface area contributed by atoms with Gasteiger partial charge in [-0.25, -0.2) is 4.79 Å². The largest absolute Gasteiger partial charge is 0.416 e. The zero-order valence-corrected chi connectivity index (χ0v) is 15.2. The van der Waals surface area contributed by atoms with Gasteiger partial charge in [0.25, 0.3) is 0 Å². The van der Waals surface area contributed by atoms with Crippen LogP contribution < -0.4 is 5.73 Å². The van der Waals surface area contributed by atoms with E-state index in [-0.39, 0.29) is 23.7 Å². The minimum atomic E-state index is -4.40. The average Bonchev–Trinajstić information content (AvgIpc) is 2.72. The Balaban J connectivity index is 1.80. The number of urea groups is 1. The fourth-order valence-electron chi connectivity index (χ4n) is 3.69. The first kappa shape index (κ1) is 20.2. The molecule has 3 N–H and O–H groups in total. The molecular weight excluding hydrogens is 377 g/mol. The maximum Gasteiger partial charge on any atom is 0.416 e. The molecule has 10 heteroatoms. The van der Waals surface area contributed by atoms with Gasteiger partial charge >= 0.3 is 12.2 Å². The SMILES string of the molecule is NC(=NO)C1CC(c2ccc(C(F)(F)F)cc2)CN(C(=O)N2CCOCC2)C1. The Morgan fingerprint density at radius 2 is 1.79 bits per heavy atom. The summed E-state index contributed by atoms with van der Waals surface area (Å²) < 4.78 is 43.7. The van der Waals surface area contributed by atoms with Crippen molar-refractivity contribution in [1.82, 2.24) is 9.80 Å². The van der Waals surface area contributed by atoms with Gasteiger partial charge in [-0.15, -0.1) is 0 Å². The minimum absolute atomic E-state index is 0.0105. The quantitative estimate of drug-likeness (QED) is 0.345. The molecule has 28 heavy (non-hydrogen) atoms. The molecule has 0 aromatic heterocycles. The Bertz CT molecular complexity index is 718. The number of rotatable bonds is 2. The topological polar surface area (TPSA) is 91.4 Å². The Kier molecular flexibility index (Phi) is 5.97. The normalized spacial score (nSPS) is 24.3. The summed E-state index contributed by atoms with van der Waals surface area (Å²) >= 11 is 0. The summed E-state index contributed by atoms with van der Waals surface area (Å²) in [4.78, 5) is 16.2. The molecule has 2 amide bonds. The van der Waals surface area contributed by atoms with Crippen molar-refractivity contribution >= 4 is 11.9 Å². The number of oxime groups is 1. The van der Waals surface area contributed by atoms with E-state index in [0.29, 0.717) is 51.4 Å². The molecule has 0 bridgehead atoms. The lowest BCUT2D eigenvalue weighted by molar-refractivity contribution is -0.137. The molecule has 0 spiro atoms. The van der Waals surface area contributed by atoms with Crippen LogP contribution in [0.1, 0.15) is 23.5 Å². The predicted octanol–water partition coefficient (Wildman–Crippen LogP) is 2.31. The molecule has 2 aliphatic rings. The number of halogens is 3. The minimum Gasteiger partial charge on any atom is -0.409 e. The molecule has 1 aromatic carbocycles. The van der Waals surface area contributed by atoms with Crippen molar-refractivity contribution in [3.63, 3.8) is 0 Å². The Morgan fingerprint density at radius 3 is 2.36 bits per heavy atom. The highest BCUT2D eigenvalue weighted by Gasteiger charge is 2.36. The molecule has 7 nitrogen and oxygen atoms in total. The van der Waals surface area contributed by atoms with Crippen molar-refractivity contribution in [2.45, 2.75) is 18.5 Å². The van der Waals surface area contributed by atoms with E-state index in [0.717, 1.165) is 12.1 Å². The third kappa shape index (κ3) is 4.49. The molecule has 1 aromatic rings. The summed E-state index contributed by atoms with van der Waals surface area (Å²) in [5.41, 5.74) is 5.75. The molecule has 2 aliphatic heterocycles. The van der Waals surface area contributed by atoms with E-state index in [4.69, 9.17) is 15.7 Å². The number of ether oxygens (including phenoxy) is 1. The first-order valence-electron chi connectivity index (χ1n) is 9.05. The molecule has 2 fully saturated rings. The number of nitrogens with zero attached hydrogens (tertiary/aromatic N) is 3. The molecule has 0 radical (unpaired) electrons. The van der Waals surface area contributed by atoms with Gasteiger partial charge in [0.2, 0.25) is 0 Å². The molecule has 2 saturated heterocycles. The Morgan fingerprint density at radius 1 is 1.14 bits per heavy atom. The fourth-order valence-corrected chi connectivity index (χ4v) is 3.69. The highest BCUT2D eigenvalue weighted by Crippen LogP contribution is 2.34. The van der Waals surface area contributed by atoms with Crippen LogP contribution >= 0.6 is 0 Å². The van der Waals surface area contributed by atoms with Crippen molar-refractivity contribution in [3.05, 3.63) is 35.4 Å². The summed E-state index contributed by atoms with van der Waals surface area (Å²) in [6.45, 7) is 2.54. The molecule has 2 heterocycles. The van der Waals surface area contributed by atoms with Gasteiger partial charge in [0.05, 0.1) is 18.8 Å². The highest BCUT2D eigenvalue weighted by atomic mass is 19.4. The Hall–Kier alpha value is -2.49. The molecule has 0 aliphatic carbocycles. The molecule has 0 saturated carbocycles. The van der Waals surface area contributed by atoms with E-state index in [1.807, 2.05) is 0 Å². The van der Waals surface area contributed by atoms with Gasteiger partial charge in [-0.3, -0.25) is 0 Å². The summed E-state index contributed by atoms with van der Waals surface area (Å²) in [6.07, 6.45) is -3.92. The summed E-state index contributed by atoms with van der Waals surface area (Å²) in [5.74, 6) is -0.584. The number of piperidine rings is 1. The van der Waals surface area contributed by atoms with Crippen LogP contribution in [0.2, 0.25) is 0 Å². The van der Waals surface area contributed by atoms with E-state index < -0.39 is 11.7 Å². The molecule has 2 atom stereocenters. The summed E-state index contributed by atoms with van der Waals surface area (Å²) in [6, 6.07) is 4.77. The number of amidine groups is 1. The van der Waals surface area contributed by atoms with Gasteiger partial charge in [-0.2, -0.15) is 13.2 Å². The first-order valence-corrected chi connectivity index (χ1v) is 9.05. The van der Waals surface area contributed by atoms with E-state index in [1.54, 1.807) is 9.80 Å². The number of carbonyl (C=O) groups excluding carboxylic acids is 1. The smallest absolute Gasteiger partial charge is 0.409 e. The standard InChI is InChI=1S/C18H23F3N4O3/c19-18(20,21)15-3-1-12(2-4-15)13-9-14(16(22)23-27)11-25(10-13)17(26)24-5-7-28-8-6-24/h1-4,13-14,27H,5-11H2,(H2,22,23). The number of alkyl halides is 3. The highest BCUT2D eigenvalue weighted by molar-refractivity contribution is 5.84. The summed E-state index contributed by atoms with van der Waals surface area (Å²) in [7, 11) is 0. The van der Waals surface area contributed by atoms with Crippen LogP contribution in [0, 0.1) is 5.92 Å². The van der Waals surface area contributed by atoms with Crippen LogP contribution in [0.3, 0.4) is 0 Å². The van der Waals surface area contributed by atoms with Crippen LogP contribution in [0.25, 0.3) is 0 Å². The van der Waals surface area contributed by atoms with Crippen molar-refractivity contribution in [2.75, 3.05) is 39.4 Å². The average molecular weight is 400 g/mol. The van der Waals surface area contributed by atoms with Crippen LogP contribution in [0.4, 0.5) is 18.0 Å². The van der Waals surface area contributed by atoms with Crippen molar-refractivity contribution in [1.29, 1.82) is 0 Å². The van der Waals surface area contributed by atoms with Gasteiger partial charge in [0.15, 0.2) is 0 Å². The molecule has 154 valence electrons. The third-order valence-electron chi connectivity index (χ3n) is 5.25. The zero-order chi connectivity index (χ0) is 20.3. The van der Waals surface area contributed by atoms with Gasteiger partial charge in [-0.05, 0) is 24.1 Å². The number of morpholine rings is 1. The van der Waals surface area contributed by atoms with Gasteiger partial charge in [0.1, 0.15) is 5.84 Å². The lowest BCUT2D eigenvalue weighted by Crippen LogP contribution is -2.53. The molecule has 2 unspecified atom stereocenters. The number of hydrogen-bond acceptors (Lipinski definition) is 4. The van der Waals surface area contributed by atoms with Crippen LogP contribution in [0.15, 0.2) is 29.4 Å². The first-order chi connectivity index (χ1) is 13.3. The van der Waals surface area contributed by atoms with E-state index in [9.17, 15) is 18.0 Å². The monoisotopic (exact) mass is 400 g/mol. The lowest BCUT2D eigenvalue weighted by Gasteiger charge is -2.40. The number of nitrogens with two attached hydrogens (primary N) is 1. The number of hydrogen-bond donors (Lipinski definition) is 2. The van der Waals surface area contributed by atoms with E-state index >= 15 is 0 Å². The van der Waals surface area contributed by atoms with Gasteiger partial charge < -0.3 is 25.5 Å². The zero-order valence-electron chi connectivity index (χ0n) is 15.2. The maximum absolute atomic E-state index is 12.9. The second kappa shape index (κ2) is 8.26. The van der Waals surface area contributed by atoms with Gasteiger partial charge in [-0.1, -0.05) is 17.3 Å². The van der Waals surface area contributed by atoms with Gasteiger partial charge in [0, 0.05) is 38.0 Å². The maximum atomic E-state index is 12.9. The van der Waals surface area contributed by atoms with Crippen molar-refractivity contribution in [2.24, 2.45) is 16.8 Å². The van der Waals surface area contributed by atoms with E-state index in [1.165, 1.54) is 12.1 Å². The Labute approximate surface area is 160 Å². The summed E-state index contributed by atoms with van der Waals surface area (Å²) in [5, 5.41) is 12.1. The van der Waals surface area contributed by atoms with E-state index in [2.05, 4.69) is 5.16 Å². The van der Waals surface area contributed by atoms with Crippen molar-refractivity contribution in [3.8, 4) is 0 Å². The lowest BCUT2D eigenvalue weighted by atomic mass is 9.83. The van der Waals surface area contributed by atoms with Crippen molar-refractivity contribution < 1.29 is 27.9 Å².